The molecule has 1 rings (SSSR count). The fraction of sp³-hybridized carbons (Fsp3) is 0.600. The summed E-state index contributed by atoms with van der Waals surface area (Å²) in [6.45, 7) is 7.32. The SMILES string of the molecule is CCCNC(CCc1c(F)cccc1F)C(C)C. The van der Waals surface area contributed by atoms with E-state index in [1.165, 1.54) is 18.2 Å². The molecule has 1 N–H and O–H groups in total. The van der Waals surface area contributed by atoms with E-state index >= 15 is 0 Å². The lowest BCUT2D eigenvalue weighted by Gasteiger charge is -2.22. The van der Waals surface area contributed by atoms with Gasteiger partial charge in [0, 0.05) is 11.6 Å². The van der Waals surface area contributed by atoms with Crippen LogP contribution >= 0.6 is 0 Å². The molecular formula is C15H23F2N. The van der Waals surface area contributed by atoms with Crippen LogP contribution in [-0.4, -0.2) is 12.6 Å². The smallest absolute Gasteiger partial charge is 0.129 e. The van der Waals surface area contributed by atoms with Crippen LogP contribution in [0.2, 0.25) is 0 Å². The Bertz CT molecular complexity index is 343. The second-order valence-electron chi connectivity index (χ2n) is 5.04. The molecule has 0 amide bonds. The summed E-state index contributed by atoms with van der Waals surface area (Å²) < 4.78 is 27.0. The van der Waals surface area contributed by atoms with Crippen molar-refractivity contribution in [1.29, 1.82) is 0 Å². The van der Waals surface area contributed by atoms with Crippen molar-refractivity contribution in [2.75, 3.05) is 6.54 Å². The van der Waals surface area contributed by atoms with Gasteiger partial charge in [-0.3, -0.25) is 0 Å². The maximum Gasteiger partial charge on any atom is 0.129 e. The maximum absolute atomic E-state index is 13.5. The molecule has 1 aromatic rings. The van der Waals surface area contributed by atoms with Gasteiger partial charge < -0.3 is 5.32 Å². The largest absolute Gasteiger partial charge is 0.314 e. The minimum Gasteiger partial charge on any atom is -0.314 e. The first-order chi connectivity index (χ1) is 8.56. The van der Waals surface area contributed by atoms with E-state index in [1.54, 1.807) is 0 Å². The van der Waals surface area contributed by atoms with Crippen LogP contribution in [0, 0.1) is 17.6 Å². The fourth-order valence-corrected chi connectivity index (χ4v) is 2.07. The van der Waals surface area contributed by atoms with Crippen molar-refractivity contribution in [3.8, 4) is 0 Å². The lowest BCUT2D eigenvalue weighted by molar-refractivity contribution is 0.374. The van der Waals surface area contributed by atoms with Crippen LogP contribution in [0.1, 0.15) is 39.2 Å². The number of hydrogen-bond acceptors (Lipinski definition) is 1. The van der Waals surface area contributed by atoms with E-state index in [9.17, 15) is 8.78 Å². The maximum atomic E-state index is 13.5. The number of rotatable bonds is 7. The van der Waals surface area contributed by atoms with Crippen LogP contribution in [0.4, 0.5) is 8.78 Å². The Hall–Kier alpha value is -0.960. The molecular weight excluding hydrogens is 232 g/mol. The molecule has 0 saturated heterocycles. The molecule has 0 bridgehead atoms. The molecule has 0 spiro atoms. The zero-order chi connectivity index (χ0) is 13.5. The van der Waals surface area contributed by atoms with E-state index in [2.05, 4.69) is 26.1 Å². The molecule has 1 atom stereocenters. The minimum absolute atomic E-state index is 0.210. The summed E-state index contributed by atoms with van der Waals surface area (Å²) in [5.74, 6) is -0.410. The first-order valence-electron chi connectivity index (χ1n) is 6.72. The average Bonchev–Trinajstić information content (AvgIpc) is 2.31. The molecule has 0 radical (unpaired) electrons. The van der Waals surface area contributed by atoms with Gasteiger partial charge in [-0.2, -0.15) is 0 Å². The number of nitrogens with one attached hydrogen (secondary N) is 1. The third-order valence-corrected chi connectivity index (χ3v) is 3.23. The zero-order valence-corrected chi connectivity index (χ0v) is 11.5. The Labute approximate surface area is 109 Å². The molecule has 0 heterocycles. The van der Waals surface area contributed by atoms with Crippen molar-refractivity contribution in [3.63, 3.8) is 0 Å². The van der Waals surface area contributed by atoms with Gasteiger partial charge in [0.15, 0.2) is 0 Å². The molecule has 0 saturated carbocycles. The summed E-state index contributed by atoms with van der Waals surface area (Å²) in [6.07, 6.45) is 2.27. The van der Waals surface area contributed by atoms with Crippen LogP contribution in [0.25, 0.3) is 0 Å². The van der Waals surface area contributed by atoms with Crippen LogP contribution in [0.3, 0.4) is 0 Å². The van der Waals surface area contributed by atoms with Gasteiger partial charge in [-0.05, 0) is 43.9 Å². The normalized spacial score (nSPS) is 13.0. The molecule has 1 nitrogen and oxygen atoms in total. The van der Waals surface area contributed by atoms with E-state index in [0.29, 0.717) is 18.4 Å². The molecule has 18 heavy (non-hydrogen) atoms. The van der Waals surface area contributed by atoms with E-state index < -0.39 is 11.6 Å². The minimum atomic E-state index is -0.437. The third-order valence-electron chi connectivity index (χ3n) is 3.23. The van der Waals surface area contributed by atoms with Crippen molar-refractivity contribution in [3.05, 3.63) is 35.4 Å². The Kier molecular flexibility index (Phi) is 6.27. The first kappa shape index (κ1) is 15.1. The van der Waals surface area contributed by atoms with Crippen molar-refractivity contribution < 1.29 is 8.78 Å². The monoisotopic (exact) mass is 255 g/mol. The molecule has 1 aromatic carbocycles. The van der Waals surface area contributed by atoms with E-state index in [4.69, 9.17) is 0 Å². The number of hydrogen-bond donors (Lipinski definition) is 1. The summed E-state index contributed by atoms with van der Waals surface area (Å²) >= 11 is 0. The van der Waals surface area contributed by atoms with Crippen molar-refractivity contribution in [1.82, 2.24) is 5.32 Å². The van der Waals surface area contributed by atoms with Gasteiger partial charge in [-0.25, -0.2) is 8.78 Å². The van der Waals surface area contributed by atoms with Gasteiger partial charge in [0.05, 0.1) is 0 Å². The molecule has 0 aliphatic carbocycles. The number of benzene rings is 1. The fourth-order valence-electron chi connectivity index (χ4n) is 2.07. The predicted octanol–water partition coefficient (Wildman–Crippen LogP) is 3.92. The summed E-state index contributed by atoms with van der Waals surface area (Å²) in [7, 11) is 0. The van der Waals surface area contributed by atoms with Gasteiger partial charge in [-0.1, -0.05) is 26.8 Å². The molecule has 1 unspecified atom stereocenters. The lowest BCUT2D eigenvalue weighted by atomic mass is 9.96. The van der Waals surface area contributed by atoms with Crippen LogP contribution in [-0.2, 0) is 6.42 Å². The predicted molar refractivity (Wildman–Crippen MR) is 71.6 cm³/mol. The molecule has 0 fully saturated rings. The molecule has 0 aliphatic heterocycles. The highest BCUT2D eigenvalue weighted by Gasteiger charge is 2.15. The Morgan fingerprint density at radius 1 is 1.17 bits per heavy atom. The van der Waals surface area contributed by atoms with Gasteiger partial charge >= 0.3 is 0 Å². The van der Waals surface area contributed by atoms with Gasteiger partial charge in [-0.15, -0.1) is 0 Å². The molecule has 3 heteroatoms. The highest BCUT2D eigenvalue weighted by Crippen LogP contribution is 2.17. The summed E-state index contributed by atoms with van der Waals surface area (Å²) in [4.78, 5) is 0. The van der Waals surface area contributed by atoms with Crippen LogP contribution in [0.15, 0.2) is 18.2 Å². The van der Waals surface area contributed by atoms with Crippen molar-refractivity contribution in [2.45, 2.75) is 46.1 Å². The standard InChI is InChI=1S/C15H23F2N/c1-4-10-18-15(11(2)3)9-8-12-13(16)6-5-7-14(12)17/h5-7,11,15,18H,4,8-10H2,1-3H3. The lowest BCUT2D eigenvalue weighted by Crippen LogP contribution is -2.34. The third kappa shape index (κ3) is 4.37. The second-order valence-corrected chi connectivity index (χ2v) is 5.04. The van der Waals surface area contributed by atoms with Crippen molar-refractivity contribution >= 4 is 0 Å². The van der Waals surface area contributed by atoms with E-state index in [1.807, 2.05) is 0 Å². The summed E-state index contributed by atoms with van der Waals surface area (Å²) in [5, 5.41) is 3.43. The Morgan fingerprint density at radius 2 is 1.78 bits per heavy atom. The molecule has 0 aromatic heterocycles. The van der Waals surface area contributed by atoms with Crippen molar-refractivity contribution in [2.24, 2.45) is 5.92 Å². The van der Waals surface area contributed by atoms with Gasteiger partial charge in [0.2, 0.25) is 0 Å². The Morgan fingerprint density at radius 3 is 2.28 bits per heavy atom. The second kappa shape index (κ2) is 7.47. The quantitative estimate of drug-likeness (QED) is 0.778. The summed E-state index contributed by atoms with van der Waals surface area (Å²) in [6, 6.07) is 4.36. The average molecular weight is 255 g/mol. The highest BCUT2D eigenvalue weighted by molar-refractivity contribution is 5.19. The van der Waals surface area contributed by atoms with E-state index in [-0.39, 0.29) is 5.56 Å². The van der Waals surface area contributed by atoms with Gasteiger partial charge in [0.1, 0.15) is 11.6 Å². The molecule has 102 valence electrons. The number of halogens is 2. The summed E-state index contributed by atoms with van der Waals surface area (Å²) in [5.41, 5.74) is 0.210. The molecule has 0 aliphatic rings. The Balaban J connectivity index is 2.61. The van der Waals surface area contributed by atoms with Crippen LogP contribution < -0.4 is 5.32 Å². The van der Waals surface area contributed by atoms with Crippen LogP contribution in [0.5, 0.6) is 0 Å². The van der Waals surface area contributed by atoms with Gasteiger partial charge in [0.25, 0.3) is 0 Å². The highest BCUT2D eigenvalue weighted by atomic mass is 19.1. The van der Waals surface area contributed by atoms with E-state index in [0.717, 1.165) is 19.4 Å². The first-order valence-corrected chi connectivity index (χ1v) is 6.72. The topological polar surface area (TPSA) is 12.0 Å². The zero-order valence-electron chi connectivity index (χ0n) is 11.5.